The molecule has 6 aromatic carbocycles. The highest BCUT2D eigenvalue weighted by Gasteiger charge is 2.18. The summed E-state index contributed by atoms with van der Waals surface area (Å²) in [6.45, 7) is 0. The van der Waals surface area contributed by atoms with E-state index in [2.05, 4.69) is 60.7 Å². The Bertz CT molecular complexity index is 1460. The first-order valence-electron chi connectivity index (χ1n) is 8.17. The van der Waals surface area contributed by atoms with Crippen molar-refractivity contribution in [3.63, 3.8) is 0 Å². The van der Waals surface area contributed by atoms with Crippen LogP contribution in [0.1, 0.15) is 0 Å². The Morgan fingerprint density at radius 1 is 0.458 bits per heavy atom. The van der Waals surface area contributed by atoms with Gasteiger partial charge in [0.05, 0.1) is 0 Å². The second-order valence-corrected chi connectivity index (χ2v) is 6.53. The van der Waals surface area contributed by atoms with Crippen LogP contribution < -0.4 is 5.43 Å². The predicted molar refractivity (Wildman–Crippen MR) is 103 cm³/mol. The van der Waals surface area contributed by atoms with Crippen LogP contribution in [0.3, 0.4) is 0 Å². The van der Waals surface area contributed by atoms with E-state index in [4.69, 9.17) is 0 Å². The van der Waals surface area contributed by atoms with Crippen molar-refractivity contribution in [2.75, 3.05) is 0 Å². The minimum Gasteiger partial charge on any atom is -0.289 e. The third kappa shape index (κ3) is 1.30. The molecule has 6 rings (SSSR count). The van der Waals surface area contributed by atoms with Gasteiger partial charge in [-0.1, -0.05) is 66.7 Å². The molecule has 24 heavy (non-hydrogen) atoms. The number of hydrogen-bond acceptors (Lipinski definition) is 1. The average Bonchev–Trinajstić information content (AvgIpc) is 2.94. The summed E-state index contributed by atoms with van der Waals surface area (Å²) < 4.78 is 0. The molecular weight excluding hydrogens is 292 g/mol. The highest BCUT2D eigenvalue weighted by atomic mass is 16.1. The molecule has 0 heterocycles. The number of benzene rings is 5. The summed E-state index contributed by atoms with van der Waals surface area (Å²) >= 11 is 0. The fraction of sp³-hybridized carbons (Fsp3) is 0. The number of rotatable bonds is 0. The zero-order valence-corrected chi connectivity index (χ0v) is 12.8. The van der Waals surface area contributed by atoms with Gasteiger partial charge in [-0.2, -0.15) is 0 Å². The van der Waals surface area contributed by atoms with Crippen molar-refractivity contribution in [3.8, 4) is 0 Å². The van der Waals surface area contributed by atoms with Gasteiger partial charge in [-0.25, -0.2) is 0 Å². The Kier molecular flexibility index (Phi) is 2.05. The van der Waals surface area contributed by atoms with Gasteiger partial charge in [0.15, 0.2) is 5.43 Å². The third-order valence-electron chi connectivity index (χ3n) is 5.34. The molecule has 0 bridgehead atoms. The smallest absolute Gasteiger partial charge is 0.194 e. The molecule has 0 spiro atoms. The minimum atomic E-state index is 0.160. The van der Waals surface area contributed by atoms with Crippen LogP contribution >= 0.6 is 0 Å². The monoisotopic (exact) mass is 304 g/mol. The SMILES string of the molecule is O=c1c2cccc3ccc4cc5c6ccccc6ccc5c1c4c32. The van der Waals surface area contributed by atoms with Gasteiger partial charge in [0.2, 0.25) is 0 Å². The lowest BCUT2D eigenvalue weighted by Gasteiger charge is -2.08. The molecule has 0 amide bonds. The molecule has 6 aromatic rings. The summed E-state index contributed by atoms with van der Waals surface area (Å²) in [5, 5.41) is 10.9. The van der Waals surface area contributed by atoms with Crippen LogP contribution in [0.25, 0.3) is 53.9 Å². The highest BCUT2D eigenvalue weighted by Crippen LogP contribution is 2.39. The Hall–Kier alpha value is -3.19. The second kappa shape index (κ2) is 4.01. The topological polar surface area (TPSA) is 17.1 Å². The fourth-order valence-corrected chi connectivity index (χ4v) is 4.30. The summed E-state index contributed by atoms with van der Waals surface area (Å²) in [7, 11) is 0. The first-order chi connectivity index (χ1) is 11.8. The lowest BCUT2D eigenvalue weighted by Crippen LogP contribution is -1.94. The van der Waals surface area contributed by atoms with Crippen LogP contribution in [0.2, 0.25) is 0 Å². The lowest BCUT2D eigenvalue weighted by atomic mass is 9.95. The van der Waals surface area contributed by atoms with Crippen LogP contribution in [0.5, 0.6) is 0 Å². The molecule has 0 aliphatic carbocycles. The van der Waals surface area contributed by atoms with Crippen molar-refractivity contribution < 1.29 is 0 Å². The normalized spacial score (nSPS) is 12.3. The van der Waals surface area contributed by atoms with E-state index in [9.17, 15) is 4.79 Å². The summed E-state index contributed by atoms with van der Waals surface area (Å²) in [6.07, 6.45) is 0. The van der Waals surface area contributed by atoms with Gasteiger partial charge >= 0.3 is 0 Å². The average molecular weight is 304 g/mol. The summed E-state index contributed by atoms with van der Waals surface area (Å²) in [6, 6.07) is 25.1. The van der Waals surface area contributed by atoms with Crippen molar-refractivity contribution in [1.82, 2.24) is 0 Å². The van der Waals surface area contributed by atoms with Crippen LogP contribution in [-0.4, -0.2) is 0 Å². The predicted octanol–water partition coefficient (Wildman–Crippen LogP) is 5.69. The largest absolute Gasteiger partial charge is 0.289 e. The van der Waals surface area contributed by atoms with Gasteiger partial charge in [-0.05, 0) is 38.4 Å². The van der Waals surface area contributed by atoms with Crippen molar-refractivity contribution in [2.24, 2.45) is 0 Å². The van der Waals surface area contributed by atoms with E-state index < -0.39 is 0 Å². The summed E-state index contributed by atoms with van der Waals surface area (Å²) in [5.41, 5.74) is 0.160. The zero-order valence-electron chi connectivity index (χ0n) is 12.8. The third-order valence-corrected chi connectivity index (χ3v) is 5.34. The molecule has 1 heteroatoms. The molecule has 0 radical (unpaired) electrons. The van der Waals surface area contributed by atoms with E-state index >= 15 is 0 Å². The van der Waals surface area contributed by atoms with Crippen LogP contribution in [0.15, 0.2) is 77.6 Å². The van der Waals surface area contributed by atoms with Crippen molar-refractivity contribution >= 4 is 53.9 Å². The summed E-state index contributed by atoms with van der Waals surface area (Å²) in [4.78, 5) is 13.1. The Morgan fingerprint density at radius 3 is 2.17 bits per heavy atom. The highest BCUT2D eigenvalue weighted by molar-refractivity contribution is 6.33. The van der Waals surface area contributed by atoms with Crippen molar-refractivity contribution in [2.45, 2.75) is 0 Å². The molecule has 0 unspecified atom stereocenters. The number of fused-ring (bicyclic) bond motifs is 4. The molecule has 0 saturated carbocycles. The standard InChI is InChI=1S/C23H12O/c24-23-18-7-3-5-14-8-9-15-12-19-16-6-2-1-4-13(16)10-11-17(19)22(23)21(15)20(14)18/h1-12H. The first-order valence-corrected chi connectivity index (χ1v) is 8.17. The molecule has 0 aromatic heterocycles. The van der Waals surface area contributed by atoms with Gasteiger partial charge in [0, 0.05) is 21.5 Å². The second-order valence-electron chi connectivity index (χ2n) is 6.53. The molecule has 1 nitrogen and oxygen atoms in total. The van der Waals surface area contributed by atoms with E-state index in [1.807, 2.05) is 12.1 Å². The molecule has 0 fully saturated rings. The molecule has 0 N–H and O–H groups in total. The van der Waals surface area contributed by atoms with Gasteiger partial charge < -0.3 is 0 Å². The fourth-order valence-electron chi connectivity index (χ4n) is 4.30. The van der Waals surface area contributed by atoms with Crippen LogP contribution in [-0.2, 0) is 0 Å². The van der Waals surface area contributed by atoms with E-state index in [0.29, 0.717) is 0 Å². The van der Waals surface area contributed by atoms with Crippen LogP contribution in [0.4, 0.5) is 0 Å². The molecule has 110 valence electrons. The molecule has 0 aliphatic rings. The Labute approximate surface area is 137 Å². The minimum absolute atomic E-state index is 0.160. The summed E-state index contributed by atoms with van der Waals surface area (Å²) in [5.74, 6) is 0. The maximum absolute atomic E-state index is 13.1. The van der Waals surface area contributed by atoms with Crippen LogP contribution in [0, 0.1) is 0 Å². The van der Waals surface area contributed by atoms with Crippen molar-refractivity contribution in [1.29, 1.82) is 0 Å². The van der Waals surface area contributed by atoms with Gasteiger partial charge in [-0.15, -0.1) is 0 Å². The Balaban J connectivity index is 2.06. The van der Waals surface area contributed by atoms with E-state index in [1.54, 1.807) is 0 Å². The lowest BCUT2D eigenvalue weighted by molar-refractivity contribution is 1.80. The maximum Gasteiger partial charge on any atom is 0.194 e. The maximum atomic E-state index is 13.1. The van der Waals surface area contributed by atoms with E-state index in [1.165, 1.54) is 10.8 Å². The first kappa shape index (κ1) is 12.3. The van der Waals surface area contributed by atoms with Gasteiger partial charge in [0.25, 0.3) is 0 Å². The molecule has 0 saturated heterocycles. The van der Waals surface area contributed by atoms with Crippen molar-refractivity contribution in [3.05, 3.63) is 83.0 Å². The van der Waals surface area contributed by atoms with Gasteiger partial charge in [-0.3, -0.25) is 4.79 Å². The molecule has 0 atom stereocenters. The number of hydrogen-bond donors (Lipinski definition) is 0. The molecule has 0 aliphatic heterocycles. The van der Waals surface area contributed by atoms with Gasteiger partial charge in [0.1, 0.15) is 0 Å². The van der Waals surface area contributed by atoms with E-state index in [-0.39, 0.29) is 5.43 Å². The molecular formula is C23H12O. The van der Waals surface area contributed by atoms with E-state index in [0.717, 1.165) is 43.1 Å². The quantitative estimate of drug-likeness (QED) is 0.260. The zero-order chi connectivity index (χ0) is 15.8. The Morgan fingerprint density at radius 2 is 1.21 bits per heavy atom.